The Morgan fingerprint density at radius 2 is 0.827 bits per heavy atom. The van der Waals surface area contributed by atoms with E-state index in [0.717, 1.165) is 55.2 Å². The van der Waals surface area contributed by atoms with Crippen molar-refractivity contribution in [3.63, 3.8) is 0 Å². The molecule has 0 bridgehead atoms. The van der Waals surface area contributed by atoms with Gasteiger partial charge >= 0.3 is 0 Å². The van der Waals surface area contributed by atoms with Gasteiger partial charge in [0.2, 0.25) is 0 Å². The first kappa shape index (κ1) is 28.9. The van der Waals surface area contributed by atoms with Crippen LogP contribution in [-0.4, -0.2) is 0 Å². The number of rotatable bonds is 4. The van der Waals surface area contributed by atoms with Crippen molar-refractivity contribution < 1.29 is 8.83 Å². The summed E-state index contributed by atoms with van der Waals surface area (Å²) in [5.74, 6) is 0. The van der Waals surface area contributed by atoms with Crippen LogP contribution in [0.5, 0.6) is 0 Å². The lowest BCUT2D eigenvalue weighted by molar-refractivity contribution is 0.617. The van der Waals surface area contributed by atoms with Crippen molar-refractivity contribution >= 4 is 65.2 Å². The predicted molar refractivity (Wildman–Crippen MR) is 218 cm³/mol. The van der Waals surface area contributed by atoms with Gasteiger partial charge in [-0.1, -0.05) is 146 Å². The first-order chi connectivity index (χ1) is 25.8. The molecule has 0 N–H and O–H groups in total. The molecule has 0 saturated heterocycles. The zero-order valence-electron chi connectivity index (χ0n) is 28.1. The van der Waals surface area contributed by atoms with Gasteiger partial charge in [0.15, 0.2) is 0 Å². The van der Waals surface area contributed by atoms with Gasteiger partial charge in [-0.2, -0.15) is 0 Å². The molecule has 0 radical (unpaired) electrons. The maximum Gasteiger partial charge on any atom is 0.136 e. The number of hydrogen-bond donors (Lipinski definition) is 0. The van der Waals surface area contributed by atoms with Gasteiger partial charge in [0, 0.05) is 21.7 Å². The van der Waals surface area contributed by atoms with Crippen LogP contribution in [0.25, 0.3) is 110 Å². The molecule has 2 aromatic heterocycles. The first-order valence-electron chi connectivity index (χ1n) is 17.7. The second-order valence-corrected chi connectivity index (χ2v) is 13.7. The molecule has 11 rings (SSSR count). The van der Waals surface area contributed by atoms with Gasteiger partial charge in [0.05, 0.1) is 6.26 Å². The standard InChI is InChI=1S/C50H30O2/c1-2-11-33(12-3-1)49-39-14-6-8-16-41(39)50(42-17-9-7-15-40(42)49)34-21-18-32(19-22-34)36-24-25-38-43-28-46-44(29-48(43)52-47(38)27-36)45(30-51-46)37-23-20-31-10-4-5-13-35(31)26-37/h1-30H. The van der Waals surface area contributed by atoms with E-state index in [1.807, 2.05) is 6.26 Å². The second kappa shape index (κ2) is 11.3. The maximum atomic E-state index is 6.55. The summed E-state index contributed by atoms with van der Waals surface area (Å²) in [7, 11) is 0. The zero-order chi connectivity index (χ0) is 34.2. The molecule has 242 valence electrons. The van der Waals surface area contributed by atoms with Gasteiger partial charge in [-0.3, -0.25) is 0 Å². The van der Waals surface area contributed by atoms with Crippen molar-refractivity contribution in [1.29, 1.82) is 0 Å². The molecule has 0 aliphatic heterocycles. The van der Waals surface area contributed by atoms with Crippen LogP contribution in [0.15, 0.2) is 191 Å². The van der Waals surface area contributed by atoms with Crippen molar-refractivity contribution in [2.75, 3.05) is 0 Å². The quantitative estimate of drug-likeness (QED) is 0.175. The molecule has 2 heterocycles. The van der Waals surface area contributed by atoms with Crippen LogP contribution in [0.2, 0.25) is 0 Å². The molecule has 0 aliphatic carbocycles. The van der Waals surface area contributed by atoms with Crippen LogP contribution in [0.4, 0.5) is 0 Å². The van der Waals surface area contributed by atoms with Crippen LogP contribution < -0.4 is 0 Å². The van der Waals surface area contributed by atoms with E-state index in [2.05, 4.69) is 176 Å². The van der Waals surface area contributed by atoms with E-state index in [4.69, 9.17) is 8.83 Å². The van der Waals surface area contributed by atoms with E-state index >= 15 is 0 Å². The SMILES string of the molecule is c1ccc(-c2c3ccccc3c(-c3ccc(-c4ccc5c(c4)oc4cc6c(-c7ccc8ccccc8c7)coc6cc45)cc3)c3ccccc23)cc1. The summed E-state index contributed by atoms with van der Waals surface area (Å²) in [4.78, 5) is 0. The lowest BCUT2D eigenvalue weighted by Crippen LogP contribution is -1.90. The molecule has 0 saturated carbocycles. The van der Waals surface area contributed by atoms with E-state index in [1.54, 1.807) is 0 Å². The van der Waals surface area contributed by atoms with Gasteiger partial charge in [-0.15, -0.1) is 0 Å². The van der Waals surface area contributed by atoms with Gasteiger partial charge in [-0.25, -0.2) is 0 Å². The molecule has 2 nitrogen and oxygen atoms in total. The molecule has 0 fully saturated rings. The molecule has 52 heavy (non-hydrogen) atoms. The molecular formula is C50H30O2. The highest BCUT2D eigenvalue weighted by molar-refractivity contribution is 6.21. The third kappa shape index (κ3) is 4.44. The maximum absolute atomic E-state index is 6.55. The van der Waals surface area contributed by atoms with Crippen LogP contribution in [-0.2, 0) is 0 Å². The predicted octanol–water partition coefficient (Wildman–Crippen LogP) is 14.5. The average molecular weight is 663 g/mol. The van der Waals surface area contributed by atoms with Crippen molar-refractivity contribution in [3.05, 3.63) is 182 Å². The summed E-state index contributed by atoms with van der Waals surface area (Å²) in [6.45, 7) is 0. The smallest absolute Gasteiger partial charge is 0.136 e. The lowest BCUT2D eigenvalue weighted by Gasteiger charge is -2.18. The molecule has 0 atom stereocenters. The van der Waals surface area contributed by atoms with Crippen LogP contribution in [0.3, 0.4) is 0 Å². The van der Waals surface area contributed by atoms with E-state index in [-0.39, 0.29) is 0 Å². The molecule has 0 aliphatic rings. The fourth-order valence-electron chi connectivity index (χ4n) is 8.24. The largest absolute Gasteiger partial charge is 0.464 e. The highest BCUT2D eigenvalue weighted by atomic mass is 16.3. The Balaban J connectivity index is 0.994. The number of hydrogen-bond acceptors (Lipinski definition) is 2. The van der Waals surface area contributed by atoms with Gasteiger partial charge < -0.3 is 8.83 Å². The summed E-state index contributed by atoms with van der Waals surface area (Å²) in [6, 6.07) is 63.1. The monoisotopic (exact) mass is 662 g/mol. The Hall–Kier alpha value is -6.90. The normalized spacial score (nSPS) is 11.8. The van der Waals surface area contributed by atoms with Crippen LogP contribution in [0.1, 0.15) is 0 Å². The summed E-state index contributed by atoms with van der Waals surface area (Å²) in [5, 5.41) is 10.7. The third-order valence-corrected chi connectivity index (χ3v) is 10.7. The van der Waals surface area contributed by atoms with Crippen LogP contribution in [0, 0.1) is 0 Å². The fraction of sp³-hybridized carbons (Fsp3) is 0. The van der Waals surface area contributed by atoms with E-state index in [1.165, 1.54) is 54.6 Å². The van der Waals surface area contributed by atoms with Gasteiger partial charge in [-0.05, 0) is 102 Å². The van der Waals surface area contributed by atoms with E-state index in [0.29, 0.717) is 0 Å². The Morgan fingerprint density at radius 3 is 1.54 bits per heavy atom. The first-order valence-corrected chi connectivity index (χ1v) is 17.7. The highest BCUT2D eigenvalue weighted by Gasteiger charge is 2.18. The molecule has 0 amide bonds. The minimum absolute atomic E-state index is 0.856. The number of benzene rings is 9. The van der Waals surface area contributed by atoms with Gasteiger partial charge in [0.1, 0.15) is 16.7 Å². The number of fused-ring (bicyclic) bond motifs is 7. The fourth-order valence-corrected chi connectivity index (χ4v) is 8.24. The zero-order valence-corrected chi connectivity index (χ0v) is 28.1. The van der Waals surface area contributed by atoms with Crippen LogP contribution >= 0.6 is 0 Å². The van der Waals surface area contributed by atoms with Crippen molar-refractivity contribution in [2.45, 2.75) is 0 Å². The summed E-state index contributed by atoms with van der Waals surface area (Å²) >= 11 is 0. The minimum atomic E-state index is 0.856. The molecule has 2 heteroatoms. The lowest BCUT2D eigenvalue weighted by atomic mass is 9.86. The Kier molecular flexibility index (Phi) is 6.28. The summed E-state index contributed by atoms with van der Waals surface area (Å²) in [5.41, 5.74) is 12.0. The molecule has 0 spiro atoms. The molecule has 9 aromatic carbocycles. The van der Waals surface area contributed by atoms with Crippen molar-refractivity contribution in [2.24, 2.45) is 0 Å². The summed E-state index contributed by atoms with van der Waals surface area (Å²) < 4.78 is 12.7. The Morgan fingerprint density at radius 1 is 0.288 bits per heavy atom. The topological polar surface area (TPSA) is 26.3 Å². The Labute approximate surface area is 299 Å². The van der Waals surface area contributed by atoms with E-state index < -0.39 is 0 Å². The molecular weight excluding hydrogens is 633 g/mol. The van der Waals surface area contributed by atoms with E-state index in [9.17, 15) is 0 Å². The van der Waals surface area contributed by atoms with Gasteiger partial charge in [0.25, 0.3) is 0 Å². The molecule has 11 aromatic rings. The third-order valence-electron chi connectivity index (χ3n) is 10.7. The summed E-state index contributed by atoms with van der Waals surface area (Å²) in [6.07, 6.45) is 1.86. The van der Waals surface area contributed by atoms with Crippen molar-refractivity contribution in [3.8, 4) is 44.5 Å². The average Bonchev–Trinajstić information content (AvgIpc) is 3.79. The molecule has 0 unspecified atom stereocenters. The van der Waals surface area contributed by atoms with Crippen molar-refractivity contribution in [1.82, 2.24) is 0 Å². The minimum Gasteiger partial charge on any atom is -0.464 e. The highest BCUT2D eigenvalue weighted by Crippen LogP contribution is 2.44. The second-order valence-electron chi connectivity index (χ2n) is 13.7. The Bertz CT molecular complexity index is 3100. The number of furan rings is 2.